The molecule has 0 radical (unpaired) electrons. The van der Waals surface area contributed by atoms with Gasteiger partial charge in [-0.2, -0.15) is 0 Å². The fourth-order valence-corrected chi connectivity index (χ4v) is 2.95. The number of unbranched alkanes of at least 4 members (excludes halogenated alkanes) is 1. The average Bonchev–Trinajstić information content (AvgIpc) is 2.60. The summed E-state index contributed by atoms with van der Waals surface area (Å²) in [7, 11) is 4.04. The summed E-state index contributed by atoms with van der Waals surface area (Å²) in [6.45, 7) is 9.97. The van der Waals surface area contributed by atoms with Crippen molar-refractivity contribution in [3.8, 4) is 0 Å². The van der Waals surface area contributed by atoms with Crippen molar-refractivity contribution < 1.29 is 0 Å². The number of halogens is 1. The Morgan fingerprint density at radius 2 is 1.80 bits per heavy atom. The minimum absolute atomic E-state index is 0. The van der Waals surface area contributed by atoms with Gasteiger partial charge in [0.1, 0.15) is 0 Å². The molecule has 25 heavy (non-hydrogen) atoms. The maximum absolute atomic E-state index is 4.31. The zero-order valence-corrected chi connectivity index (χ0v) is 18.3. The second-order valence-corrected chi connectivity index (χ2v) is 6.63. The van der Waals surface area contributed by atoms with E-state index in [2.05, 4.69) is 63.7 Å². The predicted octanol–water partition coefficient (Wildman–Crippen LogP) is 2.31. The van der Waals surface area contributed by atoms with Crippen molar-refractivity contribution in [1.29, 1.82) is 0 Å². The standard InChI is InChI=1S/C19H33N5.HI/c1-17-8-4-5-9-18(17)16-22-19(20-2)21-10-6-7-11-24-14-12-23(3)13-15-24;/h4-5,8-9H,6-7,10-16H2,1-3H3,(H2,20,21,22);1H. The van der Waals surface area contributed by atoms with Crippen LogP contribution < -0.4 is 10.6 Å². The number of hydrogen-bond acceptors (Lipinski definition) is 3. The molecule has 0 saturated carbocycles. The monoisotopic (exact) mass is 459 g/mol. The van der Waals surface area contributed by atoms with E-state index in [0.29, 0.717) is 0 Å². The molecular formula is C19H34IN5. The molecule has 0 unspecified atom stereocenters. The summed E-state index contributed by atoms with van der Waals surface area (Å²) in [6.07, 6.45) is 2.42. The van der Waals surface area contributed by atoms with Gasteiger partial charge in [0.15, 0.2) is 5.96 Å². The Morgan fingerprint density at radius 1 is 1.08 bits per heavy atom. The minimum Gasteiger partial charge on any atom is -0.356 e. The van der Waals surface area contributed by atoms with Crippen LogP contribution in [-0.4, -0.2) is 69.1 Å². The summed E-state index contributed by atoms with van der Waals surface area (Å²) in [5.74, 6) is 0.887. The number of hydrogen-bond donors (Lipinski definition) is 2. The summed E-state index contributed by atoms with van der Waals surface area (Å²) in [5.41, 5.74) is 2.63. The molecule has 1 aliphatic rings. The Kier molecular flexibility index (Phi) is 11.1. The van der Waals surface area contributed by atoms with Gasteiger partial charge < -0.3 is 20.4 Å². The Labute approximate surface area is 170 Å². The van der Waals surface area contributed by atoms with Crippen LogP contribution in [0.15, 0.2) is 29.3 Å². The van der Waals surface area contributed by atoms with Crippen LogP contribution in [0.25, 0.3) is 0 Å². The Hall–Kier alpha value is -0.860. The van der Waals surface area contributed by atoms with Crippen molar-refractivity contribution in [1.82, 2.24) is 20.4 Å². The van der Waals surface area contributed by atoms with E-state index in [4.69, 9.17) is 0 Å². The van der Waals surface area contributed by atoms with Crippen LogP contribution in [0.5, 0.6) is 0 Å². The van der Waals surface area contributed by atoms with Crippen molar-refractivity contribution >= 4 is 29.9 Å². The molecule has 5 nitrogen and oxygen atoms in total. The number of aliphatic imine (C=N–C) groups is 1. The number of likely N-dealkylation sites (N-methyl/N-ethyl adjacent to an activating group) is 1. The fraction of sp³-hybridized carbons (Fsp3) is 0.632. The van der Waals surface area contributed by atoms with Crippen molar-refractivity contribution in [2.24, 2.45) is 4.99 Å². The predicted molar refractivity (Wildman–Crippen MR) is 118 cm³/mol. The first-order valence-electron chi connectivity index (χ1n) is 9.09. The third kappa shape index (κ3) is 8.37. The van der Waals surface area contributed by atoms with Crippen LogP contribution >= 0.6 is 24.0 Å². The topological polar surface area (TPSA) is 42.9 Å². The highest BCUT2D eigenvalue weighted by molar-refractivity contribution is 14.0. The SMILES string of the molecule is CN=C(NCCCCN1CCN(C)CC1)NCc1ccccc1C.I. The van der Waals surface area contributed by atoms with Crippen molar-refractivity contribution in [3.63, 3.8) is 0 Å². The summed E-state index contributed by atoms with van der Waals surface area (Å²) in [6, 6.07) is 8.46. The molecule has 6 heteroatoms. The number of rotatable bonds is 7. The maximum atomic E-state index is 4.31. The van der Waals surface area contributed by atoms with E-state index in [-0.39, 0.29) is 24.0 Å². The first-order valence-corrected chi connectivity index (χ1v) is 9.09. The van der Waals surface area contributed by atoms with E-state index in [1.54, 1.807) is 0 Å². The van der Waals surface area contributed by atoms with E-state index in [0.717, 1.165) is 19.0 Å². The first-order chi connectivity index (χ1) is 11.7. The molecule has 142 valence electrons. The van der Waals surface area contributed by atoms with Crippen LogP contribution in [0.4, 0.5) is 0 Å². The third-order valence-corrected chi connectivity index (χ3v) is 4.72. The van der Waals surface area contributed by atoms with Crippen LogP contribution in [-0.2, 0) is 6.54 Å². The average molecular weight is 459 g/mol. The lowest BCUT2D eigenvalue weighted by atomic mass is 10.1. The van der Waals surface area contributed by atoms with Gasteiger partial charge in [-0.1, -0.05) is 24.3 Å². The van der Waals surface area contributed by atoms with Gasteiger partial charge >= 0.3 is 0 Å². The molecule has 0 amide bonds. The molecule has 0 atom stereocenters. The van der Waals surface area contributed by atoms with Gasteiger partial charge in [-0.3, -0.25) is 4.99 Å². The zero-order chi connectivity index (χ0) is 17.2. The quantitative estimate of drug-likeness (QED) is 0.284. The van der Waals surface area contributed by atoms with Gasteiger partial charge in [0.25, 0.3) is 0 Å². The molecule has 0 bridgehead atoms. The van der Waals surface area contributed by atoms with Crippen LogP contribution in [0.2, 0.25) is 0 Å². The number of nitrogens with one attached hydrogen (secondary N) is 2. The van der Waals surface area contributed by atoms with Crippen molar-refractivity contribution in [3.05, 3.63) is 35.4 Å². The molecule has 0 aromatic heterocycles. The van der Waals surface area contributed by atoms with E-state index in [1.807, 2.05) is 7.05 Å². The minimum atomic E-state index is 0. The van der Waals surface area contributed by atoms with Gasteiger partial charge in [-0.05, 0) is 44.5 Å². The van der Waals surface area contributed by atoms with Crippen LogP contribution in [0, 0.1) is 6.92 Å². The highest BCUT2D eigenvalue weighted by atomic mass is 127. The second kappa shape index (κ2) is 12.5. The van der Waals surface area contributed by atoms with Gasteiger partial charge in [-0.15, -0.1) is 24.0 Å². The number of aryl methyl sites for hydroxylation is 1. The Bertz CT molecular complexity index is 512. The van der Waals surface area contributed by atoms with E-state index in [9.17, 15) is 0 Å². The van der Waals surface area contributed by atoms with Crippen LogP contribution in [0.1, 0.15) is 24.0 Å². The van der Waals surface area contributed by atoms with Gasteiger partial charge in [0.05, 0.1) is 0 Å². The van der Waals surface area contributed by atoms with Gasteiger partial charge in [-0.25, -0.2) is 0 Å². The molecular weight excluding hydrogens is 425 g/mol. The third-order valence-electron chi connectivity index (χ3n) is 4.72. The van der Waals surface area contributed by atoms with E-state index < -0.39 is 0 Å². The molecule has 1 saturated heterocycles. The lowest BCUT2D eigenvalue weighted by molar-refractivity contribution is 0.152. The van der Waals surface area contributed by atoms with E-state index >= 15 is 0 Å². The lowest BCUT2D eigenvalue weighted by Crippen LogP contribution is -2.44. The Balaban J connectivity index is 0.00000312. The van der Waals surface area contributed by atoms with Crippen molar-refractivity contribution in [2.75, 3.05) is 53.4 Å². The number of benzene rings is 1. The normalized spacial score (nSPS) is 16.4. The van der Waals surface area contributed by atoms with Gasteiger partial charge in [0, 0.05) is 46.3 Å². The molecule has 0 spiro atoms. The van der Waals surface area contributed by atoms with Crippen LogP contribution in [0.3, 0.4) is 0 Å². The number of guanidine groups is 1. The summed E-state index contributed by atoms with van der Waals surface area (Å²) < 4.78 is 0. The number of nitrogens with zero attached hydrogens (tertiary/aromatic N) is 3. The maximum Gasteiger partial charge on any atom is 0.191 e. The molecule has 1 aliphatic heterocycles. The first kappa shape index (κ1) is 22.2. The smallest absolute Gasteiger partial charge is 0.191 e. The summed E-state index contributed by atoms with van der Waals surface area (Å²) >= 11 is 0. The molecule has 1 fully saturated rings. The highest BCUT2D eigenvalue weighted by Crippen LogP contribution is 2.06. The summed E-state index contributed by atoms with van der Waals surface area (Å²) in [4.78, 5) is 9.29. The molecule has 1 aromatic rings. The molecule has 1 heterocycles. The summed E-state index contributed by atoms with van der Waals surface area (Å²) in [5, 5.41) is 6.81. The zero-order valence-electron chi connectivity index (χ0n) is 15.9. The Morgan fingerprint density at radius 3 is 2.48 bits per heavy atom. The van der Waals surface area contributed by atoms with Crippen molar-refractivity contribution in [2.45, 2.75) is 26.3 Å². The number of piperazine rings is 1. The molecule has 1 aromatic carbocycles. The van der Waals surface area contributed by atoms with Gasteiger partial charge in [0.2, 0.25) is 0 Å². The largest absolute Gasteiger partial charge is 0.356 e. The molecule has 0 aliphatic carbocycles. The fourth-order valence-electron chi connectivity index (χ4n) is 2.95. The molecule has 2 rings (SSSR count). The highest BCUT2D eigenvalue weighted by Gasteiger charge is 2.12. The van der Waals surface area contributed by atoms with E-state index in [1.165, 1.54) is 56.7 Å². The second-order valence-electron chi connectivity index (χ2n) is 6.63. The molecule has 2 N–H and O–H groups in total. The lowest BCUT2D eigenvalue weighted by Gasteiger charge is -2.32.